The molecule has 1 nitrogen and oxygen atoms in total. The molecule has 0 aliphatic rings. The van der Waals surface area contributed by atoms with E-state index in [1.165, 1.54) is 0 Å². The standard InChI is InChI=1S/C11H26OP/c1-9-12-13(8,10(2,3)4)11(5,6)7/h9H2,1-8H3/q+1. The van der Waals surface area contributed by atoms with E-state index in [2.05, 4.69) is 55.1 Å². The van der Waals surface area contributed by atoms with Crippen LogP contribution in [0.25, 0.3) is 0 Å². The quantitative estimate of drug-likeness (QED) is 0.614. The second-order valence-electron chi connectivity index (χ2n) is 5.68. The Labute approximate surface area is 84.7 Å². The highest BCUT2D eigenvalue weighted by Gasteiger charge is 2.55. The maximum atomic E-state index is 6.07. The monoisotopic (exact) mass is 205 g/mol. The zero-order valence-electron chi connectivity index (χ0n) is 10.6. The van der Waals surface area contributed by atoms with Crippen LogP contribution in [0, 0.1) is 0 Å². The Morgan fingerprint density at radius 3 is 1.31 bits per heavy atom. The van der Waals surface area contributed by atoms with E-state index < -0.39 is 7.49 Å². The molecule has 0 atom stereocenters. The van der Waals surface area contributed by atoms with E-state index in [4.69, 9.17) is 4.52 Å². The normalized spacial score (nSPS) is 14.8. The molecule has 2 heteroatoms. The Bertz CT molecular complexity index is 148. The minimum atomic E-state index is -1.34. The summed E-state index contributed by atoms with van der Waals surface area (Å²) < 4.78 is 6.07. The number of rotatable bonds is 2. The SMILES string of the molecule is CCO[P+](C)(C(C)(C)C)C(C)(C)C. The van der Waals surface area contributed by atoms with Gasteiger partial charge in [0.25, 0.3) is 0 Å². The third-order valence-corrected chi connectivity index (χ3v) is 8.84. The molecule has 13 heavy (non-hydrogen) atoms. The first-order valence-corrected chi connectivity index (χ1v) is 7.23. The van der Waals surface area contributed by atoms with Gasteiger partial charge >= 0.3 is 0 Å². The van der Waals surface area contributed by atoms with Crippen LogP contribution in [-0.2, 0) is 4.52 Å². The van der Waals surface area contributed by atoms with Crippen LogP contribution in [0.5, 0.6) is 0 Å². The molecule has 0 aromatic rings. The van der Waals surface area contributed by atoms with E-state index in [-0.39, 0.29) is 10.3 Å². The fourth-order valence-corrected chi connectivity index (χ4v) is 4.96. The van der Waals surface area contributed by atoms with Crippen LogP contribution in [0.4, 0.5) is 0 Å². The first-order chi connectivity index (χ1) is 5.56. The molecule has 0 saturated carbocycles. The fraction of sp³-hybridized carbons (Fsp3) is 1.00. The van der Waals surface area contributed by atoms with Crippen LogP contribution >= 0.6 is 7.49 Å². The predicted molar refractivity (Wildman–Crippen MR) is 64.0 cm³/mol. The summed E-state index contributed by atoms with van der Waals surface area (Å²) in [5.41, 5.74) is 0. The van der Waals surface area contributed by atoms with Gasteiger partial charge in [0.2, 0.25) is 0 Å². The Hall–Kier alpha value is 0.390. The topological polar surface area (TPSA) is 9.23 Å². The second kappa shape index (κ2) is 3.87. The number of hydrogen-bond donors (Lipinski definition) is 0. The summed E-state index contributed by atoms with van der Waals surface area (Å²) in [5.74, 6) is 0. The van der Waals surface area contributed by atoms with E-state index in [9.17, 15) is 0 Å². The van der Waals surface area contributed by atoms with Gasteiger partial charge in [0.05, 0.1) is 23.6 Å². The molecule has 0 spiro atoms. The van der Waals surface area contributed by atoms with Gasteiger partial charge in [0.15, 0.2) is 7.49 Å². The van der Waals surface area contributed by atoms with Gasteiger partial charge in [-0.25, -0.2) is 4.52 Å². The molecule has 0 rings (SSSR count). The molecule has 0 unspecified atom stereocenters. The first kappa shape index (κ1) is 13.4. The molecule has 80 valence electrons. The third-order valence-electron chi connectivity index (χ3n) is 2.95. The lowest BCUT2D eigenvalue weighted by atomic mass is 10.2. The molecular weight excluding hydrogens is 179 g/mol. The van der Waals surface area contributed by atoms with Gasteiger partial charge in [0.1, 0.15) is 0 Å². The van der Waals surface area contributed by atoms with Crippen molar-refractivity contribution < 1.29 is 4.52 Å². The molecule has 0 aromatic carbocycles. The van der Waals surface area contributed by atoms with Crippen molar-refractivity contribution in [1.29, 1.82) is 0 Å². The lowest BCUT2D eigenvalue weighted by Crippen LogP contribution is -2.34. The summed E-state index contributed by atoms with van der Waals surface area (Å²) in [5, 5.41) is 0.558. The summed E-state index contributed by atoms with van der Waals surface area (Å²) in [7, 11) is -1.34. The van der Waals surface area contributed by atoms with Crippen LogP contribution < -0.4 is 0 Å². The lowest BCUT2D eigenvalue weighted by molar-refractivity contribution is 0.336. The van der Waals surface area contributed by atoms with E-state index in [1.807, 2.05) is 0 Å². The molecule has 0 aliphatic carbocycles. The zero-order chi connectivity index (χ0) is 10.9. The summed E-state index contributed by atoms with van der Waals surface area (Å²) in [6, 6.07) is 0. The van der Waals surface area contributed by atoms with Gasteiger partial charge in [0, 0.05) is 0 Å². The van der Waals surface area contributed by atoms with Crippen LogP contribution in [0.15, 0.2) is 0 Å². The third kappa shape index (κ3) is 2.67. The highest BCUT2D eigenvalue weighted by molar-refractivity contribution is 7.73. The summed E-state index contributed by atoms with van der Waals surface area (Å²) >= 11 is 0. The highest BCUT2D eigenvalue weighted by atomic mass is 31.2. The van der Waals surface area contributed by atoms with Gasteiger partial charge < -0.3 is 0 Å². The van der Waals surface area contributed by atoms with E-state index in [1.54, 1.807) is 0 Å². The minimum absolute atomic E-state index is 0.279. The Morgan fingerprint density at radius 2 is 1.23 bits per heavy atom. The van der Waals surface area contributed by atoms with Gasteiger partial charge in [-0.2, -0.15) is 0 Å². The minimum Gasteiger partial charge on any atom is -0.238 e. The largest absolute Gasteiger partial charge is 0.238 e. The Morgan fingerprint density at radius 1 is 0.923 bits per heavy atom. The molecule has 0 N–H and O–H groups in total. The van der Waals surface area contributed by atoms with E-state index in [0.717, 1.165) is 6.61 Å². The van der Waals surface area contributed by atoms with Crippen molar-refractivity contribution in [1.82, 2.24) is 0 Å². The van der Waals surface area contributed by atoms with E-state index in [0.29, 0.717) is 0 Å². The molecule has 0 aromatic heterocycles. The summed E-state index contributed by atoms with van der Waals surface area (Å²) in [6.45, 7) is 19.0. The first-order valence-electron chi connectivity index (χ1n) is 5.07. The molecule has 0 fully saturated rings. The maximum Gasteiger partial charge on any atom is 0.152 e. The van der Waals surface area contributed by atoms with Gasteiger partial charge in [-0.3, -0.25) is 0 Å². The van der Waals surface area contributed by atoms with Crippen molar-refractivity contribution in [3.8, 4) is 0 Å². The molecule has 0 amide bonds. The molecule has 0 saturated heterocycles. The average molecular weight is 205 g/mol. The predicted octanol–water partition coefficient (Wildman–Crippen LogP) is 4.18. The Balaban J connectivity index is 4.96. The van der Waals surface area contributed by atoms with Crippen LogP contribution in [0.2, 0.25) is 0 Å². The summed E-state index contributed by atoms with van der Waals surface area (Å²) in [4.78, 5) is 0. The lowest BCUT2D eigenvalue weighted by Gasteiger charge is -2.42. The zero-order valence-corrected chi connectivity index (χ0v) is 11.5. The molecule has 0 radical (unpaired) electrons. The average Bonchev–Trinajstić information content (AvgIpc) is 1.82. The smallest absolute Gasteiger partial charge is 0.152 e. The van der Waals surface area contributed by atoms with Gasteiger partial charge in [-0.1, -0.05) is 0 Å². The van der Waals surface area contributed by atoms with Crippen molar-refractivity contribution in [2.24, 2.45) is 0 Å². The molecule has 0 aliphatic heterocycles. The van der Waals surface area contributed by atoms with Gasteiger partial charge in [-0.15, -0.1) is 0 Å². The van der Waals surface area contributed by atoms with Crippen molar-refractivity contribution in [2.75, 3.05) is 13.3 Å². The van der Waals surface area contributed by atoms with E-state index >= 15 is 0 Å². The van der Waals surface area contributed by atoms with Crippen molar-refractivity contribution >= 4 is 7.49 Å². The Kier molecular flexibility index (Phi) is 3.98. The molecule has 0 bridgehead atoms. The second-order valence-corrected chi connectivity index (χ2v) is 10.5. The molecule has 0 heterocycles. The fourth-order valence-electron chi connectivity index (χ4n) is 1.65. The number of hydrogen-bond acceptors (Lipinski definition) is 1. The van der Waals surface area contributed by atoms with Crippen LogP contribution in [-0.4, -0.2) is 23.6 Å². The highest BCUT2D eigenvalue weighted by Crippen LogP contribution is 2.74. The van der Waals surface area contributed by atoms with Crippen molar-refractivity contribution in [2.45, 2.75) is 58.8 Å². The van der Waals surface area contributed by atoms with Crippen LogP contribution in [0.3, 0.4) is 0 Å². The van der Waals surface area contributed by atoms with Gasteiger partial charge in [-0.05, 0) is 48.5 Å². The molecular formula is C11H26OP+. The summed E-state index contributed by atoms with van der Waals surface area (Å²) in [6.07, 6.45) is 0. The van der Waals surface area contributed by atoms with Crippen molar-refractivity contribution in [3.63, 3.8) is 0 Å². The van der Waals surface area contributed by atoms with Crippen molar-refractivity contribution in [3.05, 3.63) is 0 Å². The maximum absolute atomic E-state index is 6.07. The van der Waals surface area contributed by atoms with Crippen LogP contribution in [0.1, 0.15) is 48.5 Å².